The summed E-state index contributed by atoms with van der Waals surface area (Å²) in [5, 5.41) is 8.24. The molecule has 0 saturated carbocycles. The highest BCUT2D eigenvalue weighted by molar-refractivity contribution is 8.14. The number of benzene rings is 1. The highest BCUT2D eigenvalue weighted by Crippen LogP contribution is 2.18. The summed E-state index contributed by atoms with van der Waals surface area (Å²) in [6.07, 6.45) is 0. The number of aliphatic imine (C=N–C) groups is 1. The third-order valence-corrected chi connectivity index (χ3v) is 3.27. The number of hydrogen-bond donors (Lipinski definition) is 2. The Morgan fingerprint density at radius 3 is 2.75 bits per heavy atom. The van der Waals surface area contributed by atoms with Crippen molar-refractivity contribution in [3.63, 3.8) is 0 Å². The molecule has 3 nitrogen and oxygen atoms in total. The van der Waals surface area contributed by atoms with Crippen LogP contribution in [0, 0.1) is 0 Å². The van der Waals surface area contributed by atoms with Gasteiger partial charge in [-0.25, -0.2) is 0 Å². The van der Waals surface area contributed by atoms with Crippen LogP contribution < -0.4 is 10.6 Å². The molecule has 0 aromatic heterocycles. The lowest BCUT2D eigenvalue weighted by Gasteiger charge is -2.09. The Hall–Kier alpha value is -1.07. The number of thioether (sulfide) groups is 1. The van der Waals surface area contributed by atoms with Crippen LogP contribution in [0.25, 0.3) is 0 Å². The Kier molecular flexibility index (Phi) is 3.79. The molecule has 16 heavy (non-hydrogen) atoms. The van der Waals surface area contributed by atoms with Gasteiger partial charge in [0.15, 0.2) is 10.3 Å². The minimum atomic E-state index is 0.544. The lowest BCUT2D eigenvalue weighted by atomic mass is 10.3. The average Bonchev–Trinajstić information content (AvgIpc) is 2.65. The van der Waals surface area contributed by atoms with E-state index in [1.165, 1.54) is 0 Å². The monoisotopic (exact) mass is 251 g/mol. The smallest absolute Gasteiger partial charge is 0.176 e. The molecule has 2 rings (SSSR count). The molecule has 0 aliphatic carbocycles. The maximum atomic E-state index is 5.19. The summed E-state index contributed by atoms with van der Waals surface area (Å²) in [5.41, 5.74) is 0.983. The predicted octanol–water partition coefficient (Wildman–Crippen LogP) is 2.46. The average molecular weight is 251 g/mol. The topological polar surface area (TPSA) is 36.4 Å². The number of para-hydroxylation sites is 1. The molecule has 1 atom stereocenters. The second-order valence-electron chi connectivity index (χ2n) is 3.52. The fourth-order valence-electron chi connectivity index (χ4n) is 1.33. The molecule has 1 aromatic rings. The van der Waals surface area contributed by atoms with Crippen LogP contribution in [0.15, 0.2) is 35.3 Å². The summed E-state index contributed by atoms with van der Waals surface area (Å²) in [7, 11) is 0. The third-order valence-electron chi connectivity index (χ3n) is 2.06. The van der Waals surface area contributed by atoms with Crippen molar-refractivity contribution in [1.29, 1.82) is 0 Å². The number of nitrogens with one attached hydrogen (secondary N) is 2. The summed E-state index contributed by atoms with van der Waals surface area (Å²) >= 11 is 6.91. The van der Waals surface area contributed by atoms with Crippen LogP contribution in [-0.2, 0) is 0 Å². The van der Waals surface area contributed by atoms with Gasteiger partial charge >= 0.3 is 0 Å². The largest absolute Gasteiger partial charge is 0.332 e. The first-order chi connectivity index (χ1) is 7.74. The minimum Gasteiger partial charge on any atom is -0.332 e. The van der Waals surface area contributed by atoms with Gasteiger partial charge in [-0.1, -0.05) is 36.9 Å². The molecular weight excluding hydrogens is 238 g/mol. The van der Waals surface area contributed by atoms with Crippen molar-refractivity contribution in [2.75, 3.05) is 11.9 Å². The van der Waals surface area contributed by atoms with Gasteiger partial charge < -0.3 is 10.6 Å². The molecule has 0 radical (unpaired) electrons. The van der Waals surface area contributed by atoms with Gasteiger partial charge in [0.05, 0.1) is 6.54 Å². The highest BCUT2D eigenvalue weighted by atomic mass is 32.2. The van der Waals surface area contributed by atoms with E-state index in [2.05, 4.69) is 22.5 Å². The number of hydrogen-bond acceptors (Lipinski definition) is 3. The Balaban J connectivity index is 1.86. The lowest BCUT2D eigenvalue weighted by molar-refractivity contribution is 0.973. The number of anilines is 1. The summed E-state index contributed by atoms with van der Waals surface area (Å²) < 4.78 is 0. The second kappa shape index (κ2) is 5.32. The number of thiocarbonyl (C=S) groups is 1. The van der Waals surface area contributed by atoms with Gasteiger partial charge in [0.1, 0.15) is 0 Å². The first kappa shape index (κ1) is 11.4. The number of nitrogens with zero attached hydrogens (tertiary/aromatic N) is 1. The fraction of sp³-hybridized carbons (Fsp3) is 0.273. The summed E-state index contributed by atoms with van der Waals surface area (Å²) in [6.45, 7) is 3.01. The maximum Gasteiger partial charge on any atom is 0.176 e. The van der Waals surface area contributed by atoms with Crippen molar-refractivity contribution >= 4 is 39.9 Å². The van der Waals surface area contributed by atoms with Gasteiger partial charge in [-0.15, -0.1) is 0 Å². The molecule has 2 N–H and O–H groups in total. The van der Waals surface area contributed by atoms with Crippen molar-refractivity contribution in [3.05, 3.63) is 30.3 Å². The molecule has 0 spiro atoms. The van der Waals surface area contributed by atoms with E-state index in [-0.39, 0.29) is 0 Å². The van der Waals surface area contributed by atoms with Crippen LogP contribution in [0.4, 0.5) is 5.69 Å². The lowest BCUT2D eigenvalue weighted by Crippen LogP contribution is -2.31. The molecular formula is C11H13N3S2. The maximum absolute atomic E-state index is 5.19. The standard InChI is InChI=1S/C11H13N3S2/c1-8-7-12-11(16-8)14-10(15)13-9-5-3-2-4-6-9/h2-6,8H,7H2,1H3,(H2,12,13,14,15). The van der Waals surface area contributed by atoms with Gasteiger partial charge in [-0.05, 0) is 24.4 Å². The van der Waals surface area contributed by atoms with Crippen LogP contribution in [0.5, 0.6) is 0 Å². The van der Waals surface area contributed by atoms with Crippen LogP contribution in [0.1, 0.15) is 6.92 Å². The first-order valence-corrected chi connectivity index (χ1v) is 6.37. The minimum absolute atomic E-state index is 0.544. The van der Waals surface area contributed by atoms with E-state index in [1.54, 1.807) is 11.8 Å². The summed E-state index contributed by atoms with van der Waals surface area (Å²) in [5.74, 6) is 0. The SMILES string of the molecule is CC1CN=C(NC(=S)Nc2ccccc2)S1. The van der Waals surface area contributed by atoms with Gasteiger partial charge in [-0.2, -0.15) is 0 Å². The Bertz CT molecular complexity index is 403. The van der Waals surface area contributed by atoms with E-state index >= 15 is 0 Å². The molecule has 0 saturated heterocycles. The molecule has 5 heteroatoms. The normalized spacial score (nSPS) is 19.1. The van der Waals surface area contributed by atoms with Crippen molar-refractivity contribution in [2.45, 2.75) is 12.2 Å². The highest BCUT2D eigenvalue weighted by Gasteiger charge is 2.15. The summed E-state index contributed by atoms with van der Waals surface area (Å²) in [6, 6.07) is 9.85. The Morgan fingerprint density at radius 2 is 2.12 bits per heavy atom. The van der Waals surface area contributed by atoms with Crippen molar-refractivity contribution in [3.8, 4) is 0 Å². The molecule has 1 aromatic carbocycles. The molecule has 84 valence electrons. The molecule has 0 amide bonds. The van der Waals surface area contributed by atoms with E-state index in [0.29, 0.717) is 10.4 Å². The van der Waals surface area contributed by atoms with Gasteiger partial charge in [-0.3, -0.25) is 4.99 Å². The van der Waals surface area contributed by atoms with Crippen LogP contribution >= 0.6 is 24.0 Å². The van der Waals surface area contributed by atoms with Crippen LogP contribution in [0.2, 0.25) is 0 Å². The van der Waals surface area contributed by atoms with Crippen molar-refractivity contribution in [1.82, 2.24) is 5.32 Å². The van der Waals surface area contributed by atoms with Crippen LogP contribution in [0.3, 0.4) is 0 Å². The zero-order valence-electron chi connectivity index (χ0n) is 8.93. The first-order valence-electron chi connectivity index (χ1n) is 5.08. The van der Waals surface area contributed by atoms with Gasteiger partial charge in [0.25, 0.3) is 0 Å². The molecule has 1 aliphatic rings. The molecule has 0 fully saturated rings. The third kappa shape index (κ3) is 3.21. The Morgan fingerprint density at radius 1 is 1.38 bits per heavy atom. The van der Waals surface area contributed by atoms with E-state index in [1.807, 2.05) is 30.3 Å². The fourth-order valence-corrected chi connectivity index (χ4v) is 2.45. The quantitative estimate of drug-likeness (QED) is 0.752. The molecule has 1 aliphatic heterocycles. The van der Waals surface area contributed by atoms with Gasteiger partial charge in [0.2, 0.25) is 0 Å². The molecule has 1 unspecified atom stereocenters. The predicted molar refractivity (Wildman–Crippen MR) is 75.2 cm³/mol. The Labute approximate surface area is 105 Å². The zero-order chi connectivity index (χ0) is 11.4. The summed E-state index contributed by atoms with van der Waals surface area (Å²) in [4.78, 5) is 4.34. The van der Waals surface area contributed by atoms with Crippen molar-refractivity contribution in [2.24, 2.45) is 4.99 Å². The molecule has 1 heterocycles. The van der Waals surface area contributed by atoms with Crippen molar-refractivity contribution < 1.29 is 0 Å². The number of rotatable bonds is 1. The number of amidine groups is 1. The van der Waals surface area contributed by atoms with E-state index in [9.17, 15) is 0 Å². The van der Waals surface area contributed by atoms with Crippen LogP contribution in [-0.4, -0.2) is 22.1 Å². The zero-order valence-corrected chi connectivity index (χ0v) is 10.6. The van der Waals surface area contributed by atoms with E-state index in [0.717, 1.165) is 17.4 Å². The van der Waals surface area contributed by atoms with Gasteiger partial charge in [0, 0.05) is 10.9 Å². The second-order valence-corrected chi connectivity index (χ2v) is 5.35. The van der Waals surface area contributed by atoms with E-state index < -0.39 is 0 Å². The molecule has 0 bridgehead atoms. The van der Waals surface area contributed by atoms with E-state index in [4.69, 9.17) is 12.2 Å².